The molecule has 1 aromatic rings. The van der Waals surface area contributed by atoms with Crippen LogP contribution in [-0.4, -0.2) is 50.0 Å². The van der Waals surface area contributed by atoms with Crippen molar-refractivity contribution in [1.82, 2.24) is 20.2 Å². The SMILES string of the molecule is CC(Cn1ccnc1)NC(=O)N[C@H](C(=O)O)[C@@H](C)O. The third-order valence-corrected chi connectivity index (χ3v) is 2.46. The first-order valence-corrected chi connectivity index (χ1v) is 5.83. The highest BCUT2D eigenvalue weighted by molar-refractivity contribution is 5.83. The fourth-order valence-corrected chi connectivity index (χ4v) is 1.55. The predicted octanol–water partition coefficient (Wildman–Crippen LogP) is -0.595. The number of rotatable bonds is 6. The number of carboxylic acids is 1. The van der Waals surface area contributed by atoms with E-state index in [9.17, 15) is 14.7 Å². The van der Waals surface area contributed by atoms with Gasteiger partial charge in [-0.2, -0.15) is 0 Å². The van der Waals surface area contributed by atoms with Crippen LogP contribution in [0.1, 0.15) is 13.8 Å². The zero-order valence-corrected chi connectivity index (χ0v) is 10.8. The lowest BCUT2D eigenvalue weighted by molar-refractivity contribution is -0.141. The zero-order chi connectivity index (χ0) is 14.4. The van der Waals surface area contributed by atoms with E-state index in [1.807, 2.05) is 0 Å². The lowest BCUT2D eigenvalue weighted by atomic mass is 10.2. The van der Waals surface area contributed by atoms with Crippen molar-refractivity contribution in [2.45, 2.75) is 38.6 Å². The topological polar surface area (TPSA) is 116 Å². The predicted molar refractivity (Wildman–Crippen MR) is 66.5 cm³/mol. The summed E-state index contributed by atoms with van der Waals surface area (Å²) in [6, 6.07) is -2.18. The first-order valence-electron chi connectivity index (χ1n) is 5.83. The summed E-state index contributed by atoms with van der Waals surface area (Å²) in [4.78, 5) is 26.3. The van der Waals surface area contributed by atoms with Gasteiger partial charge in [-0.1, -0.05) is 0 Å². The number of hydrogen-bond acceptors (Lipinski definition) is 4. The van der Waals surface area contributed by atoms with Crippen molar-refractivity contribution in [1.29, 1.82) is 0 Å². The molecular weight excluding hydrogens is 252 g/mol. The Bertz CT molecular complexity index is 418. The molecule has 0 spiro atoms. The molecule has 0 bridgehead atoms. The fourth-order valence-electron chi connectivity index (χ4n) is 1.55. The van der Waals surface area contributed by atoms with E-state index in [0.29, 0.717) is 6.54 Å². The van der Waals surface area contributed by atoms with Crippen LogP contribution in [0.15, 0.2) is 18.7 Å². The molecule has 8 heteroatoms. The largest absolute Gasteiger partial charge is 0.480 e. The van der Waals surface area contributed by atoms with Gasteiger partial charge < -0.3 is 25.4 Å². The summed E-state index contributed by atoms with van der Waals surface area (Å²) in [6.45, 7) is 3.59. The van der Waals surface area contributed by atoms with E-state index < -0.39 is 24.1 Å². The average molecular weight is 270 g/mol. The Morgan fingerprint density at radius 3 is 2.53 bits per heavy atom. The molecule has 0 fully saturated rings. The van der Waals surface area contributed by atoms with Crippen molar-refractivity contribution in [2.24, 2.45) is 0 Å². The van der Waals surface area contributed by atoms with Gasteiger partial charge in [-0.25, -0.2) is 14.6 Å². The van der Waals surface area contributed by atoms with Crippen LogP contribution in [0.2, 0.25) is 0 Å². The standard InChI is InChI=1S/C11H18N4O4/c1-7(5-15-4-3-12-6-15)13-11(19)14-9(8(2)16)10(17)18/h3-4,6-9,16H,5H2,1-2H3,(H,17,18)(H2,13,14,19)/t7?,8-,9+/m1/s1. The average Bonchev–Trinajstić information content (AvgIpc) is 2.77. The first-order chi connectivity index (χ1) is 8.90. The molecule has 0 aliphatic heterocycles. The smallest absolute Gasteiger partial charge is 0.328 e. The van der Waals surface area contributed by atoms with Gasteiger partial charge in [0.25, 0.3) is 0 Å². The zero-order valence-electron chi connectivity index (χ0n) is 10.8. The lowest BCUT2D eigenvalue weighted by Crippen LogP contribution is -2.53. The third kappa shape index (κ3) is 4.96. The maximum atomic E-state index is 11.6. The number of aromatic nitrogens is 2. The number of aliphatic carboxylic acids is 1. The maximum absolute atomic E-state index is 11.6. The van der Waals surface area contributed by atoms with Crippen LogP contribution in [0.5, 0.6) is 0 Å². The number of imidazole rings is 1. The molecule has 0 aromatic carbocycles. The van der Waals surface area contributed by atoms with Crippen molar-refractivity contribution in [3.05, 3.63) is 18.7 Å². The van der Waals surface area contributed by atoms with E-state index >= 15 is 0 Å². The number of carbonyl (C=O) groups is 2. The number of amides is 2. The summed E-state index contributed by atoms with van der Waals surface area (Å²) in [5.41, 5.74) is 0. The van der Waals surface area contributed by atoms with Crippen LogP contribution in [0, 0.1) is 0 Å². The summed E-state index contributed by atoms with van der Waals surface area (Å²) in [5, 5.41) is 22.8. The van der Waals surface area contributed by atoms with E-state index in [4.69, 9.17) is 5.11 Å². The van der Waals surface area contributed by atoms with Crippen molar-refractivity contribution in [3.63, 3.8) is 0 Å². The number of carbonyl (C=O) groups excluding carboxylic acids is 1. The monoisotopic (exact) mass is 270 g/mol. The fraction of sp³-hybridized carbons (Fsp3) is 0.545. The summed E-state index contributed by atoms with van der Waals surface area (Å²) in [5.74, 6) is -1.28. The van der Waals surface area contributed by atoms with Gasteiger partial charge in [0.2, 0.25) is 0 Å². The highest BCUT2D eigenvalue weighted by Gasteiger charge is 2.25. The van der Waals surface area contributed by atoms with Crippen LogP contribution in [0.3, 0.4) is 0 Å². The number of hydrogen-bond donors (Lipinski definition) is 4. The van der Waals surface area contributed by atoms with Gasteiger partial charge in [-0.15, -0.1) is 0 Å². The van der Waals surface area contributed by atoms with Crippen LogP contribution >= 0.6 is 0 Å². The summed E-state index contributed by atoms with van der Waals surface area (Å²) < 4.78 is 1.79. The van der Waals surface area contributed by atoms with E-state index in [2.05, 4.69) is 15.6 Å². The minimum atomic E-state index is -1.33. The molecule has 4 N–H and O–H groups in total. The molecule has 1 heterocycles. The van der Waals surface area contributed by atoms with Crippen LogP contribution in [0.4, 0.5) is 4.79 Å². The van der Waals surface area contributed by atoms with Crippen LogP contribution in [-0.2, 0) is 11.3 Å². The maximum Gasteiger partial charge on any atom is 0.328 e. The van der Waals surface area contributed by atoms with Gasteiger partial charge in [0.15, 0.2) is 6.04 Å². The number of carboxylic acid groups (broad SMARTS) is 1. The number of urea groups is 1. The van der Waals surface area contributed by atoms with Gasteiger partial charge >= 0.3 is 12.0 Å². The molecule has 3 atom stereocenters. The minimum Gasteiger partial charge on any atom is -0.480 e. The molecule has 19 heavy (non-hydrogen) atoms. The molecule has 1 aromatic heterocycles. The Morgan fingerprint density at radius 2 is 2.05 bits per heavy atom. The second-order valence-electron chi connectivity index (χ2n) is 4.33. The van der Waals surface area contributed by atoms with Gasteiger partial charge in [0.1, 0.15) is 0 Å². The Kier molecular flexibility index (Phi) is 5.31. The Balaban J connectivity index is 2.43. The molecule has 0 aliphatic rings. The number of aliphatic hydroxyl groups is 1. The van der Waals surface area contributed by atoms with Gasteiger partial charge in [-0.3, -0.25) is 0 Å². The molecule has 8 nitrogen and oxygen atoms in total. The molecule has 0 radical (unpaired) electrons. The van der Waals surface area contributed by atoms with Gasteiger partial charge in [0.05, 0.1) is 12.4 Å². The summed E-state index contributed by atoms with van der Waals surface area (Å²) in [7, 11) is 0. The van der Waals surface area contributed by atoms with E-state index in [1.54, 1.807) is 30.2 Å². The Hall–Kier alpha value is -2.09. The Labute approximate surface area is 110 Å². The molecule has 2 amide bonds. The molecule has 106 valence electrons. The van der Waals surface area contributed by atoms with E-state index in [1.165, 1.54) is 6.92 Å². The van der Waals surface area contributed by atoms with Crippen molar-refractivity contribution in [2.75, 3.05) is 0 Å². The van der Waals surface area contributed by atoms with Gasteiger partial charge in [-0.05, 0) is 13.8 Å². The van der Waals surface area contributed by atoms with E-state index in [-0.39, 0.29) is 6.04 Å². The normalized spacial score (nSPS) is 15.3. The quantitative estimate of drug-likeness (QED) is 0.551. The van der Waals surface area contributed by atoms with Crippen molar-refractivity contribution in [3.8, 4) is 0 Å². The second kappa shape index (κ2) is 6.74. The van der Waals surface area contributed by atoms with Crippen molar-refractivity contribution < 1.29 is 19.8 Å². The molecule has 1 unspecified atom stereocenters. The molecule has 1 rings (SSSR count). The van der Waals surface area contributed by atoms with Gasteiger partial charge in [0, 0.05) is 25.0 Å². The van der Waals surface area contributed by atoms with Crippen LogP contribution < -0.4 is 10.6 Å². The van der Waals surface area contributed by atoms with Crippen LogP contribution in [0.25, 0.3) is 0 Å². The van der Waals surface area contributed by atoms with E-state index in [0.717, 1.165) is 0 Å². The molecule has 0 aliphatic carbocycles. The highest BCUT2D eigenvalue weighted by Crippen LogP contribution is 1.95. The minimum absolute atomic E-state index is 0.211. The first kappa shape index (κ1) is 15.0. The number of aliphatic hydroxyl groups excluding tert-OH is 1. The Morgan fingerprint density at radius 1 is 1.37 bits per heavy atom. The molecule has 0 saturated carbocycles. The molecule has 0 saturated heterocycles. The number of nitrogens with one attached hydrogen (secondary N) is 2. The number of nitrogens with zero attached hydrogens (tertiary/aromatic N) is 2. The summed E-state index contributed by atoms with van der Waals surface area (Å²) >= 11 is 0. The third-order valence-electron chi connectivity index (χ3n) is 2.46. The highest BCUT2D eigenvalue weighted by atomic mass is 16.4. The van der Waals surface area contributed by atoms with Crippen molar-refractivity contribution >= 4 is 12.0 Å². The lowest BCUT2D eigenvalue weighted by Gasteiger charge is -2.20. The second-order valence-corrected chi connectivity index (χ2v) is 4.33. The molecular formula is C11H18N4O4. The summed E-state index contributed by atoms with van der Waals surface area (Å²) in [6.07, 6.45) is 3.82.